The summed E-state index contributed by atoms with van der Waals surface area (Å²) >= 11 is 0. The van der Waals surface area contributed by atoms with Gasteiger partial charge in [0.2, 0.25) is 6.08 Å². The van der Waals surface area contributed by atoms with Gasteiger partial charge in [-0.2, -0.15) is 0 Å². The van der Waals surface area contributed by atoms with Crippen LogP contribution in [-0.4, -0.2) is 6.08 Å². The lowest BCUT2D eigenvalue weighted by atomic mass is 10.3. The van der Waals surface area contributed by atoms with Crippen LogP contribution in [-0.2, 0) is 4.79 Å². The lowest BCUT2D eigenvalue weighted by Gasteiger charge is -1.72. The summed E-state index contributed by atoms with van der Waals surface area (Å²) in [5, 5.41) is 5.40. The van der Waals surface area contributed by atoms with E-state index in [-0.39, 0.29) is 0 Å². The van der Waals surface area contributed by atoms with Crippen molar-refractivity contribution < 1.29 is 4.79 Å². The van der Waals surface area contributed by atoms with E-state index in [0.29, 0.717) is 0 Å². The van der Waals surface area contributed by atoms with Crippen molar-refractivity contribution in [3.05, 3.63) is 12.7 Å². The van der Waals surface area contributed by atoms with Gasteiger partial charge in [-0.15, -0.1) is 6.58 Å². The van der Waals surface area contributed by atoms with E-state index in [1.54, 1.807) is 0 Å². The molecule has 0 aromatic heterocycles. The minimum Gasteiger partial charge on any atom is -0.222 e. The number of hydrogen-bond acceptors (Lipinski definition) is 2. The number of rotatable bonds is 2. The molecule has 0 amide bonds. The van der Waals surface area contributed by atoms with Gasteiger partial charge in [-0.3, -0.25) is 0 Å². The van der Waals surface area contributed by atoms with Gasteiger partial charge in [-0.25, -0.2) is 10.2 Å². The lowest BCUT2D eigenvalue weighted by molar-refractivity contribution is 0.563. The van der Waals surface area contributed by atoms with E-state index in [9.17, 15) is 0 Å². The molecule has 2 heteroatoms. The largest absolute Gasteiger partial charge is 0.231 e. The zero-order chi connectivity index (χ0) is 6.83. The SMILES string of the molecule is C=CCCC.N=C=O. The molecule has 0 aliphatic heterocycles. The fraction of sp³-hybridized carbons (Fsp3) is 0.500. The predicted octanol–water partition coefficient (Wildman–Crippen LogP) is 1.87. The fourth-order valence-corrected chi connectivity index (χ4v) is 0.204. The summed E-state index contributed by atoms with van der Waals surface area (Å²) in [6.07, 6.45) is 5.06. The average molecular weight is 113 g/mol. The number of unbranched alkanes of at least 4 members (excludes halogenated alkanes) is 1. The molecule has 0 unspecified atom stereocenters. The van der Waals surface area contributed by atoms with Crippen molar-refractivity contribution in [2.24, 2.45) is 0 Å². The second-order valence-electron chi connectivity index (χ2n) is 1.18. The molecule has 0 aromatic carbocycles. The first-order valence-electron chi connectivity index (χ1n) is 2.48. The first-order chi connectivity index (χ1) is 3.83. The molecule has 8 heavy (non-hydrogen) atoms. The third kappa shape index (κ3) is 69.3. The molecule has 0 bridgehead atoms. The Morgan fingerprint density at radius 1 is 1.88 bits per heavy atom. The Kier molecular flexibility index (Phi) is 21.0. The minimum atomic E-state index is 0.750. The molecule has 46 valence electrons. The predicted molar refractivity (Wildman–Crippen MR) is 33.5 cm³/mol. The van der Waals surface area contributed by atoms with E-state index in [2.05, 4.69) is 13.5 Å². The Morgan fingerprint density at radius 3 is 2.25 bits per heavy atom. The molecule has 0 spiro atoms. The number of isocyanates is 1. The van der Waals surface area contributed by atoms with E-state index >= 15 is 0 Å². The van der Waals surface area contributed by atoms with Crippen LogP contribution in [0.25, 0.3) is 0 Å². The lowest BCUT2D eigenvalue weighted by Crippen LogP contribution is -1.52. The summed E-state index contributed by atoms with van der Waals surface area (Å²) in [5.41, 5.74) is 0. The van der Waals surface area contributed by atoms with Crippen molar-refractivity contribution in [2.45, 2.75) is 19.8 Å². The number of hydrogen-bond donors (Lipinski definition) is 1. The molecule has 0 atom stereocenters. The Morgan fingerprint density at radius 2 is 2.25 bits per heavy atom. The van der Waals surface area contributed by atoms with Crippen molar-refractivity contribution in [3.8, 4) is 0 Å². The van der Waals surface area contributed by atoms with E-state index in [1.165, 1.54) is 6.42 Å². The summed E-state index contributed by atoms with van der Waals surface area (Å²) < 4.78 is 0. The van der Waals surface area contributed by atoms with Crippen LogP contribution in [0.3, 0.4) is 0 Å². The first kappa shape index (κ1) is 10.2. The summed E-state index contributed by atoms with van der Waals surface area (Å²) in [6.45, 7) is 5.69. The van der Waals surface area contributed by atoms with Crippen molar-refractivity contribution in [1.82, 2.24) is 0 Å². The molecule has 0 rings (SSSR count). The highest BCUT2D eigenvalue weighted by Crippen LogP contribution is 1.82. The number of nitrogens with one attached hydrogen (secondary N) is 1. The molecule has 0 radical (unpaired) electrons. The van der Waals surface area contributed by atoms with Crippen LogP contribution in [0.5, 0.6) is 0 Å². The first-order valence-corrected chi connectivity index (χ1v) is 2.48. The summed E-state index contributed by atoms with van der Waals surface area (Å²) in [4.78, 5) is 8.35. The maximum absolute atomic E-state index is 8.35. The quantitative estimate of drug-likeness (QED) is 0.331. The van der Waals surface area contributed by atoms with Gasteiger partial charge in [-0.1, -0.05) is 19.4 Å². The molecule has 0 saturated heterocycles. The molecule has 0 aromatic rings. The smallest absolute Gasteiger partial charge is 0.222 e. The molecule has 0 aliphatic carbocycles. The maximum Gasteiger partial charge on any atom is 0.231 e. The topological polar surface area (TPSA) is 40.9 Å². The van der Waals surface area contributed by atoms with Crippen LogP contribution >= 0.6 is 0 Å². The molecule has 0 aliphatic rings. The van der Waals surface area contributed by atoms with Crippen LogP contribution in [0, 0.1) is 5.41 Å². The maximum atomic E-state index is 8.35. The normalized spacial score (nSPS) is 5.62. The molecule has 0 fully saturated rings. The van der Waals surface area contributed by atoms with Gasteiger partial charge >= 0.3 is 0 Å². The minimum absolute atomic E-state index is 0.750. The van der Waals surface area contributed by atoms with Gasteiger partial charge in [0.25, 0.3) is 0 Å². The summed E-state index contributed by atoms with van der Waals surface area (Å²) in [6, 6.07) is 0. The van der Waals surface area contributed by atoms with Gasteiger partial charge in [0.1, 0.15) is 0 Å². The molecular weight excluding hydrogens is 102 g/mol. The number of carbonyl (C=O) groups excluding carboxylic acids is 1. The van der Waals surface area contributed by atoms with Gasteiger partial charge in [0.05, 0.1) is 0 Å². The van der Waals surface area contributed by atoms with Gasteiger partial charge in [-0.05, 0) is 6.42 Å². The molecule has 0 saturated carbocycles. The summed E-state index contributed by atoms with van der Waals surface area (Å²) in [5.74, 6) is 0. The Balaban J connectivity index is 0. The van der Waals surface area contributed by atoms with Crippen molar-refractivity contribution >= 4 is 6.08 Å². The van der Waals surface area contributed by atoms with E-state index < -0.39 is 0 Å². The average Bonchev–Trinajstić information content (AvgIpc) is 1.71. The van der Waals surface area contributed by atoms with Gasteiger partial charge < -0.3 is 0 Å². The number of allylic oxidation sites excluding steroid dienone is 1. The third-order valence-electron chi connectivity index (χ3n) is 0.493. The highest BCUT2D eigenvalue weighted by atomic mass is 16.1. The molecular formula is C6H11NO. The van der Waals surface area contributed by atoms with Gasteiger partial charge in [0, 0.05) is 0 Å². The zero-order valence-electron chi connectivity index (χ0n) is 5.11. The van der Waals surface area contributed by atoms with Gasteiger partial charge in [0.15, 0.2) is 0 Å². The zero-order valence-corrected chi connectivity index (χ0v) is 5.11. The molecule has 0 heterocycles. The Bertz CT molecular complexity index is 72.6. The molecule has 2 nitrogen and oxygen atoms in total. The van der Waals surface area contributed by atoms with E-state index in [1.807, 2.05) is 6.08 Å². The van der Waals surface area contributed by atoms with Crippen LogP contribution in [0.1, 0.15) is 19.8 Å². The van der Waals surface area contributed by atoms with Crippen molar-refractivity contribution in [2.75, 3.05) is 0 Å². The van der Waals surface area contributed by atoms with E-state index in [4.69, 9.17) is 10.2 Å². The monoisotopic (exact) mass is 113 g/mol. The Hall–Kier alpha value is -0.880. The van der Waals surface area contributed by atoms with Crippen LogP contribution in [0.2, 0.25) is 0 Å². The third-order valence-corrected chi connectivity index (χ3v) is 0.493. The van der Waals surface area contributed by atoms with Crippen molar-refractivity contribution in [1.29, 1.82) is 5.41 Å². The standard InChI is InChI=1S/C5H10.CHNO/c1-3-5-4-2;2-1-3/h3H,1,4-5H2,2H3;2H. The fourth-order valence-electron chi connectivity index (χ4n) is 0.204. The van der Waals surface area contributed by atoms with Crippen LogP contribution in [0.4, 0.5) is 0 Å². The van der Waals surface area contributed by atoms with Crippen LogP contribution in [0.15, 0.2) is 12.7 Å². The van der Waals surface area contributed by atoms with Crippen LogP contribution < -0.4 is 0 Å². The second kappa shape index (κ2) is 16.5. The highest BCUT2D eigenvalue weighted by molar-refractivity contribution is 5.26. The van der Waals surface area contributed by atoms with E-state index in [0.717, 1.165) is 12.5 Å². The summed E-state index contributed by atoms with van der Waals surface area (Å²) in [7, 11) is 0. The molecule has 1 N–H and O–H groups in total. The van der Waals surface area contributed by atoms with Crippen molar-refractivity contribution in [3.63, 3.8) is 0 Å². The highest BCUT2D eigenvalue weighted by Gasteiger charge is 1.61. The Labute approximate surface area is 49.7 Å². The second-order valence-corrected chi connectivity index (χ2v) is 1.18.